The lowest BCUT2D eigenvalue weighted by Gasteiger charge is -2.26. The van der Waals surface area contributed by atoms with E-state index in [1.807, 2.05) is 13.8 Å². The van der Waals surface area contributed by atoms with Crippen molar-refractivity contribution in [3.05, 3.63) is 29.8 Å². The maximum atomic E-state index is 13.3. The molecule has 0 aliphatic heterocycles. The average molecular weight is 550 g/mol. The van der Waals surface area contributed by atoms with Crippen molar-refractivity contribution in [2.75, 3.05) is 6.54 Å². The number of phenolic OH excluding ortho intramolecular Hbond substituents is 1. The van der Waals surface area contributed by atoms with Crippen LogP contribution >= 0.6 is 0 Å². The third-order valence-electron chi connectivity index (χ3n) is 5.93. The first-order valence-electron chi connectivity index (χ1n) is 12.9. The maximum absolute atomic E-state index is 13.3. The fourth-order valence-electron chi connectivity index (χ4n) is 3.66. The summed E-state index contributed by atoms with van der Waals surface area (Å²) in [5.74, 6) is -3.29. The third kappa shape index (κ3) is 12.5. The fraction of sp³-hybridized carbons (Fsp3) is 0.577. The van der Waals surface area contributed by atoms with E-state index in [2.05, 4.69) is 20.9 Å². The van der Waals surface area contributed by atoms with Gasteiger partial charge in [-0.05, 0) is 48.8 Å². The van der Waals surface area contributed by atoms with Crippen LogP contribution in [0.15, 0.2) is 29.3 Å². The van der Waals surface area contributed by atoms with Gasteiger partial charge in [-0.15, -0.1) is 0 Å². The van der Waals surface area contributed by atoms with Crippen LogP contribution in [0.5, 0.6) is 5.75 Å². The van der Waals surface area contributed by atoms with Crippen molar-refractivity contribution in [1.29, 1.82) is 0 Å². The number of phenols is 1. The summed E-state index contributed by atoms with van der Waals surface area (Å²) in [6.07, 6.45) is 0.643. The van der Waals surface area contributed by atoms with Crippen molar-refractivity contribution in [1.82, 2.24) is 16.0 Å². The van der Waals surface area contributed by atoms with Crippen molar-refractivity contribution >= 4 is 29.7 Å². The first kappa shape index (κ1) is 33.2. The number of rotatable bonds is 16. The highest BCUT2D eigenvalue weighted by molar-refractivity contribution is 5.94. The Morgan fingerprint density at radius 2 is 1.41 bits per heavy atom. The maximum Gasteiger partial charge on any atom is 0.326 e. The minimum absolute atomic E-state index is 0.00600. The van der Waals surface area contributed by atoms with E-state index in [0.29, 0.717) is 18.4 Å². The van der Waals surface area contributed by atoms with Gasteiger partial charge in [0.1, 0.15) is 23.9 Å². The molecule has 4 unspecified atom stereocenters. The number of nitrogens with one attached hydrogen (secondary N) is 3. The lowest BCUT2D eigenvalue weighted by atomic mass is 9.99. The number of aliphatic imine (C=N–C) groups is 1. The van der Waals surface area contributed by atoms with Crippen LogP contribution in [-0.2, 0) is 25.6 Å². The topological polar surface area (TPSA) is 235 Å². The molecule has 3 amide bonds. The van der Waals surface area contributed by atoms with Crippen molar-refractivity contribution < 1.29 is 29.4 Å². The van der Waals surface area contributed by atoms with E-state index in [0.717, 1.165) is 0 Å². The molecule has 39 heavy (non-hydrogen) atoms. The predicted molar refractivity (Wildman–Crippen MR) is 147 cm³/mol. The van der Waals surface area contributed by atoms with Crippen LogP contribution in [0.1, 0.15) is 52.5 Å². The largest absolute Gasteiger partial charge is 0.508 e. The number of carboxylic acid groups (broad SMARTS) is 1. The number of guanidine groups is 1. The van der Waals surface area contributed by atoms with Crippen LogP contribution < -0.4 is 33.2 Å². The van der Waals surface area contributed by atoms with Crippen molar-refractivity contribution in [3.8, 4) is 5.75 Å². The molecule has 218 valence electrons. The molecule has 4 atom stereocenters. The molecule has 1 rings (SSSR count). The number of hydrogen-bond acceptors (Lipinski definition) is 7. The number of nitrogens with zero attached hydrogens (tertiary/aromatic N) is 1. The molecule has 0 saturated heterocycles. The lowest BCUT2D eigenvalue weighted by Crippen LogP contribution is -2.58. The zero-order chi connectivity index (χ0) is 29.7. The number of nitrogens with two attached hydrogens (primary N) is 3. The van der Waals surface area contributed by atoms with Crippen LogP contribution in [-0.4, -0.2) is 70.6 Å². The standard InChI is InChI=1S/C26H43N7O6/c1-14(2)12-19(33-24(37)21(27)15(3)4)22(35)32-20(13-16-7-9-17(34)10-8-16)23(36)31-18(25(38)39)6-5-11-30-26(28)29/h7-10,14-15,18-21,34H,5-6,11-13,27H2,1-4H3,(H,31,36)(H,32,35)(H,33,37)(H,38,39)(H4,28,29,30). The molecular formula is C26H43N7O6. The molecule has 11 N–H and O–H groups in total. The minimum atomic E-state index is -1.25. The lowest BCUT2D eigenvalue weighted by molar-refractivity contribution is -0.142. The third-order valence-corrected chi connectivity index (χ3v) is 5.93. The summed E-state index contributed by atoms with van der Waals surface area (Å²) in [7, 11) is 0. The normalized spacial score (nSPS) is 14.1. The van der Waals surface area contributed by atoms with Gasteiger partial charge in [-0.1, -0.05) is 39.8 Å². The zero-order valence-corrected chi connectivity index (χ0v) is 23.0. The molecule has 0 aliphatic rings. The van der Waals surface area contributed by atoms with Gasteiger partial charge in [-0.2, -0.15) is 0 Å². The van der Waals surface area contributed by atoms with Gasteiger partial charge < -0.3 is 43.4 Å². The predicted octanol–water partition coefficient (Wildman–Crippen LogP) is -0.443. The van der Waals surface area contributed by atoms with E-state index in [9.17, 15) is 29.4 Å². The molecule has 0 radical (unpaired) electrons. The van der Waals surface area contributed by atoms with Crippen LogP contribution in [0.3, 0.4) is 0 Å². The second kappa shape index (κ2) is 16.2. The van der Waals surface area contributed by atoms with Gasteiger partial charge in [-0.25, -0.2) is 4.79 Å². The Morgan fingerprint density at radius 1 is 0.872 bits per heavy atom. The van der Waals surface area contributed by atoms with Gasteiger partial charge in [0.25, 0.3) is 0 Å². The number of aromatic hydroxyl groups is 1. The quantitative estimate of drug-likeness (QED) is 0.0756. The number of carbonyl (C=O) groups excluding carboxylic acids is 3. The molecule has 0 fully saturated rings. The number of amides is 3. The summed E-state index contributed by atoms with van der Waals surface area (Å²) in [5.41, 5.74) is 17.1. The number of aliphatic carboxylic acids is 1. The number of benzene rings is 1. The van der Waals surface area contributed by atoms with Crippen molar-refractivity contribution in [2.24, 2.45) is 34.0 Å². The van der Waals surface area contributed by atoms with Gasteiger partial charge in [-0.3, -0.25) is 19.4 Å². The fourth-order valence-corrected chi connectivity index (χ4v) is 3.66. The van der Waals surface area contributed by atoms with Gasteiger partial charge in [0.2, 0.25) is 17.7 Å². The molecule has 0 aliphatic carbocycles. The number of carbonyl (C=O) groups is 4. The minimum Gasteiger partial charge on any atom is -0.508 e. The van der Waals surface area contributed by atoms with Crippen LogP contribution in [0.2, 0.25) is 0 Å². The molecule has 13 heteroatoms. The molecule has 0 spiro atoms. The molecule has 0 aromatic heterocycles. The Hall–Kier alpha value is -3.87. The second-order valence-electron chi connectivity index (χ2n) is 10.2. The Labute approximate surface area is 229 Å². The molecule has 0 saturated carbocycles. The molecule has 0 bridgehead atoms. The van der Waals surface area contributed by atoms with Gasteiger partial charge in [0.05, 0.1) is 6.04 Å². The smallest absolute Gasteiger partial charge is 0.326 e. The van der Waals surface area contributed by atoms with Crippen LogP contribution in [0.4, 0.5) is 0 Å². The van der Waals surface area contributed by atoms with E-state index in [1.54, 1.807) is 26.0 Å². The summed E-state index contributed by atoms with van der Waals surface area (Å²) in [4.78, 5) is 54.8. The van der Waals surface area contributed by atoms with E-state index in [4.69, 9.17) is 17.2 Å². The average Bonchev–Trinajstić information content (AvgIpc) is 2.84. The Morgan fingerprint density at radius 3 is 1.92 bits per heavy atom. The summed E-state index contributed by atoms with van der Waals surface area (Å²) in [6, 6.07) is 1.83. The SMILES string of the molecule is CC(C)CC(NC(=O)C(N)C(C)C)C(=O)NC(Cc1ccc(O)cc1)C(=O)NC(CCCN=C(N)N)C(=O)O. The molecular weight excluding hydrogens is 506 g/mol. The first-order valence-corrected chi connectivity index (χ1v) is 12.9. The van der Waals surface area contributed by atoms with Crippen LogP contribution in [0.25, 0.3) is 0 Å². The van der Waals surface area contributed by atoms with E-state index in [-0.39, 0.29) is 42.9 Å². The molecule has 1 aromatic rings. The van der Waals surface area contributed by atoms with Gasteiger partial charge in [0.15, 0.2) is 5.96 Å². The molecule has 1 aromatic carbocycles. The Kier molecular flexibility index (Phi) is 13.7. The highest BCUT2D eigenvalue weighted by atomic mass is 16.4. The summed E-state index contributed by atoms with van der Waals surface area (Å²) in [5, 5.41) is 27.0. The second-order valence-corrected chi connectivity index (χ2v) is 10.2. The highest BCUT2D eigenvalue weighted by Crippen LogP contribution is 2.13. The Bertz CT molecular complexity index is 993. The van der Waals surface area contributed by atoms with Crippen LogP contribution in [0, 0.1) is 11.8 Å². The van der Waals surface area contributed by atoms with E-state index in [1.165, 1.54) is 12.1 Å². The van der Waals surface area contributed by atoms with Crippen molar-refractivity contribution in [2.45, 2.75) is 77.5 Å². The molecule has 13 nitrogen and oxygen atoms in total. The summed E-state index contributed by atoms with van der Waals surface area (Å²) in [6.45, 7) is 7.53. The summed E-state index contributed by atoms with van der Waals surface area (Å²) < 4.78 is 0. The molecule has 0 heterocycles. The first-order chi connectivity index (χ1) is 18.2. The monoisotopic (exact) mass is 549 g/mol. The number of hydrogen-bond donors (Lipinski definition) is 8. The summed E-state index contributed by atoms with van der Waals surface area (Å²) >= 11 is 0. The zero-order valence-electron chi connectivity index (χ0n) is 23.0. The van der Waals surface area contributed by atoms with Crippen molar-refractivity contribution in [3.63, 3.8) is 0 Å². The highest BCUT2D eigenvalue weighted by Gasteiger charge is 2.31. The van der Waals surface area contributed by atoms with E-state index < -0.39 is 47.9 Å². The van der Waals surface area contributed by atoms with E-state index >= 15 is 0 Å². The Balaban J connectivity index is 3.14. The van der Waals surface area contributed by atoms with Gasteiger partial charge in [0, 0.05) is 13.0 Å². The van der Waals surface area contributed by atoms with Gasteiger partial charge >= 0.3 is 5.97 Å². The number of carboxylic acids is 1.